The van der Waals surface area contributed by atoms with Crippen molar-refractivity contribution in [3.05, 3.63) is 35.2 Å². The van der Waals surface area contributed by atoms with Crippen LogP contribution in [0, 0.1) is 11.3 Å². The second-order valence-corrected chi connectivity index (χ2v) is 11.6. The molecule has 1 aromatic carbocycles. The van der Waals surface area contributed by atoms with Crippen molar-refractivity contribution in [2.24, 2.45) is 0 Å². The van der Waals surface area contributed by atoms with E-state index in [1.807, 2.05) is 32.9 Å². The molecule has 0 spiro atoms. The quantitative estimate of drug-likeness (QED) is 0.500. The largest absolute Gasteiger partial charge is 0.490 e. The molecule has 0 bridgehead atoms. The number of hydrogen-bond acceptors (Lipinski definition) is 8. The first-order valence-electron chi connectivity index (χ1n) is 13.0. The molecule has 1 fully saturated rings. The number of fused-ring (bicyclic) bond motifs is 3. The van der Waals surface area contributed by atoms with Crippen LogP contribution in [-0.4, -0.2) is 46.3 Å². The van der Waals surface area contributed by atoms with Gasteiger partial charge in [-0.25, -0.2) is 14.8 Å². The summed E-state index contributed by atoms with van der Waals surface area (Å²) in [4.78, 5) is 34.2. The van der Waals surface area contributed by atoms with Crippen LogP contribution < -0.4 is 21.1 Å². The fourth-order valence-corrected chi connectivity index (χ4v) is 5.37. The molecule has 2 aromatic rings. The maximum atomic E-state index is 13.4. The third-order valence-corrected chi connectivity index (χ3v) is 6.95. The number of benzene rings is 1. The summed E-state index contributed by atoms with van der Waals surface area (Å²) in [5.41, 5.74) is 8.89. The van der Waals surface area contributed by atoms with E-state index in [0.717, 1.165) is 42.4 Å². The van der Waals surface area contributed by atoms with E-state index < -0.39 is 17.1 Å². The van der Waals surface area contributed by atoms with Gasteiger partial charge in [0.05, 0.1) is 23.4 Å². The molecule has 4 rings (SSSR count). The topological polar surface area (TPSA) is 152 Å². The standard InChI is InChI=1S/C28H36N6O4/c1-27(2,3)38-26(36)34-16-6-8-17(9-7-16)37-20-11-10-18-19(21(20)25(35)31-13-12-29)14-28(4,5)22-23(18)32-15-33-24(22)30/h10-11,15-17H,6-9,13-14H2,1-5H3,(H,31,35)(H,34,36)(H2,30,32,33). The molecule has 2 amide bonds. The van der Waals surface area contributed by atoms with Crippen LogP contribution in [0.3, 0.4) is 0 Å². The second kappa shape index (κ2) is 10.5. The highest BCUT2D eigenvalue weighted by Crippen LogP contribution is 2.46. The summed E-state index contributed by atoms with van der Waals surface area (Å²) in [6.45, 7) is 9.50. The fraction of sp³-hybridized carbons (Fsp3) is 0.536. The zero-order valence-electron chi connectivity index (χ0n) is 22.7. The molecule has 1 saturated carbocycles. The van der Waals surface area contributed by atoms with Gasteiger partial charge in [0.2, 0.25) is 0 Å². The van der Waals surface area contributed by atoms with Gasteiger partial charge in [-0.3, -0.25) is 4.79 Å². The monoisotopic (exact) mass is 520 g/mol. The Morgan fingerprint density at radius 2 is 1.89 bits per heavy atom. The zero-order valence-corrected chi connectivity index (χ0v) is 22.7. The van der Waals surface area contributed by atoms with Crippen LogP contribution in [-0.2, 0) is 16.6 Å². The van der Waals surface area contributed by atoms with Crippen molar-refractivity contribution in [2.45, 2.75) is 89.9 Å². The maximum absolute atomic E-state index is 13.4. The molecule has 202 valence electrons. The van der Waals surface area contributed by atoms with Crippen LogP contribution >= 0.6 is 0 Å². The Morgan fingerprint density at radius 3 is 2.55 bits per heavy atom. The molecule has 10 heteroatoms. The first-order chi connectivity index (χ1) is 17.9. The number of amides is 2. The Kier molecular flexibility index (Phi) is 7.49. The van der Waals surface area contributed by atoms with E-state index in [1.54, 1.807) is 6.07 Å². The van der Waals surface area contributed by atoms with Gasteiger partial charge >= 0.3 is 6.09 Å². The van der Waals surface area contributed by atoms with Gasteiger partial charge in [-0.2, -0.15) is 5.26 Å². The van der Waals surface area contributed by atoms with Crippen LogP contribution in [0.15, 0.2) is 18.5 Å². The van der Waals surface area contributed by atoms with Crippen LogP contribution in [0.5, 0.6) is 5.75 Å². The van der Waals surface area contributed by atoms with Gasteiger partial charge < -0.3 is 25.8 Å². The predicted molar refractivity (Wildman–Crippen MR) is 143 cm³/mol. The van der Waals surface area contributed by atoms with Crippen molar-refractivity contribution in [3.63, 3.8) is 0 Å². The number of aromatic nitrogens is 2. The highest BCUT2D eigenvalue weighted by Gasteiger charge is 2.38. The van der Waals surface area contributed by atoms with Crippen molar-refractivity contribution >= 4 is 17.8 Å². The lowest BCUT2D eigenvalue weighted by Crippen LogP contribution is -2.42. The minimum Gasteiger partial charge on any atom is -0.490 e. The number of carbonyl (C=O) groups is 2. The lowest BCUT2D eigenvalue weighted by atomic mass is 9.70. The van der Waals surface area contributed by atoms with Gasteiger partial charge in [-0.05, 0) is 76.0 Å². The second-order valence-electron chi connectivity index (χ2n) is 11.6. The lowest BCUT2D eigenvalue weighted by molar-refractivity contribution is 0.0469. The van der Waals surface area contributed by atoms with Crippen molar-refractivity contribution in [1.29, 1.82) is 5.26 Å². The third kappa shape index (κ3) is 5.82. The fourth-order valence-electron chi connectivity index (χ4n) is 5.37. The van der Waals surface area contributed by atoms with E-state index in [4.69, 9.17) is 20.5 Å². The summed E-state index contributed by atoms with van der Waals surface area (Å²) in [6.07, 6.45) is 4.34. The summed E-state index contributed by atoms with van der Waals surface area (Å²) in [5, 5.41) is 14.7. The number of rotatable bonds is 5. The van der Waals surface area contributed by atoms with E-state index in [9.17, 15) is 9.59 Å². The maximum Gasteiger partial charge on any atom is 0.407 e. The van der Waals surface area contributed by atoms with Gasteiger partial charge in [0.1, 0.15) is 30.0 Å². The van der Waals surface area contributed by atoms with Gasteiger partial charge in [0, 0.05) is 17.2 Å². The molecule has 4 N–H and O–H groups in total. The average Bonchev–Trinajstić information content (AvgIpc) is 2.82. The van der Waals surface area contributed by atoms with Crippen LogP contribution in [0.4, 0.5) is 10.6 Å². The molecular formula is C28H36N6O4. The molecule has 0 radical (unpaired) electrons. The Bertz CT molecular complexity index is 1270. The summed E-state index contributed by atoms with van der Waals surface area (Å²) < 4.78 is 11.8. The summed E-state index contributed by atoms with van der Waals surface area (Å²) in [6, 6.07) is 5.69. The molecule has 0 aliphatic heterocycles. The van der Waals surface area contributed by atoms with E-state index in [0.29, 0.717) is 29.2 Å². The summed E-state index contributed by atoms with van der Waals surface area (Å²) >= 11 is 0. The number of alkyl carbamates (subject to hydrolysis) is 1. The number of hydrogen-bond donors (Lipinski definition) is 3. The highest BCUT2D eigenvalue weighted by atomic mass is 16.6. The van der Waals surface area contributed by atoms with Crippen molar-refractivity contribution in [3.8, 4) is 23.1 Å². The number of nitrogens with zero attached hydrogens (tertiary/aromatic N) is 3. The summed E-state index contributed by atoms with van der Waals surface area (Å²) in [5.74, 6) is 0.544. The number of carbonyl (C=O) groups excluding carboxylic acids is 2. The van der Waals surface area contributed by atoms with E-state index >= 15 is 0 Å². The van der Waals surface area contributed by atoms with Crippen LogP contribution in [0.2, 0.25) is 0 Å². The summed E-state index contributed by atoms with van der Waals surface area (Å²) in [7, 11) is 0. The predicted octanol–water partition coefficient (Wildman–Crippen LogP) is 4.03. The normalized spacial score (nSPS) is 19.8. The number of anilines is 1. The minimum atomic E-state index is -0.549. The van der Waals surface area contributed by atoms with Crippen molar-refractivity contribution < 1.29 is 19.1 Å². The SMILES string of the molecule is CC(C)(C)OC(=O)NC1CCC(Oc2ccc3c(c2C(=O)NCC#N)CC(C)(C)c2c(N)ncnc2-3)CC1. The van der Waals surface area contributed by atoms with Gasteiger partial charge in [0.25, 0.3) is 5.91 Å². The zero-order chi connectivity index (χ0) is 27.7. The van der Waals surface area contributed by atoms with Crippen molar-refractivity contribution in [1.82, 2.24) is 20.6 Å². The van der Waals surface area contributed by atoms with Gasteiger partial charge in [-0.15, -0.1) is 0 Å². The average molecular weight is 521 g/mol. The molecule has 0 unspecified atom stereocenters. The van der Waals surface area contributed by atoms with E-state index in [2.05, 4.69) is 34.4 Å². The molecule has 2 aliphatic rings. The Labute approximate surface area is 223 Å². The molecule has 2 aliphatic carbocycles. The Hall–Kier alpha value is -3.87. The van der Waals surface area contributed by atoms with Gasteiger partial charge in [-0.1, -0.05) is 13.8 Å². The van der Waals surface area contributed by atoms with Crippen LogP contribution in [0.25, 0.3) is 11.3 Å². The first kappa shape index (κ1) is 27.2. The number of nitrogens with two attached hydrogens (primary N) is 1. The van der Waals surface area contributed by atoms with E-state index in [-0.39, 0.29) is 24.6 Å². The third-order valence-electron chi connectivity index (χ3n) is 6.95. The van der Waals surface area contributed by atoms with Crippen molar-refractivity contribution in [2.75, 3.05) is 12.3 Å². The highest BCUT2D eigenvalue weighted by molar-refractivity contribution is 6.01. The minimum absolute atomic E-state index is 0.00840. The smallest absolute Gasteiger partial charge is 0.407 e. The molecule has 10 nitrogen and oxygen atoms in total. The number of ether oxygens (including phenoxy) is 2. The molecule has 1 aromatic heterocycles. The van der Waals surface area contributed by atoms with Crippen LogP contribution in [0.1, 0.15) is 81.8 Å². The number of nitriles is 1. The van der Waals surface area contributed by atoms with Gasteiger partial charge in [0.15, 0.2) is 0 Å². The molecule has 38 heavy (non-hydrogen) atoms. The first-order valence-corrected chi connectivity index (χ1v) is 13.0. The lowest BCUT2D eigenvalue weighted by Gasteiger charge is -2.35. The Morgan fingerprint density at radius 1 is 1.18 bits per heavy atom. The molecule has 0 saturated heterocycles. The number of nitrogens with one attached hydrogen (secondary N) is 2. The molecular weight excluding hydrogens is 484 g/mol. The molecule has 1 heterocycles. The molecule has 0 atom stereocenters. The number of nitrogen functional groups attached to an aromatic ring is 1. The van der Waals surface area contributed by atoms with E-state index in [1.165, 1.54) is 6.33 Å². The Balaban J connectivity index is 1.59.